The highest BCUT2D eigenvalue weighted by Crippen LogP contribution is 2.23. The average Bonchev–Trinajstić information content (AvgIpc) is 2.95. The van der Waals surface area contributed by atoms with Gasteiger partial charge in [-0.2, -0.15) is 0 Å². The number of aromatic nitrogens is 3. The van der Waals surface area contributed by atoms with Crippen molar-refractivity contribution in [3.8, 4) is 0 Å². The van der Waals surface area contributed by atoms with E-state index in [9.17, 15) is 4.79 Å². The van der Waals surface area contributed by atoms with E-state index in [4.69, 9.17) is 4.74 Å². The van der Waals surface area contributed by atoms with E-state index in [2.05, 4.69) is 45.4 Å². The summed E-state index contributed by atoms with van der Waals surface area (Å²) in [6.07, 6.45) is 1.53. The molecular weight excluding hydrogens is 312 g/mol. The van der Waals surface area contributed by atoms with Gasteiger partial charge in [0.25, 0.3) is 0 Å². The molecule has 7 heteroatoms. The smallest absolute Gasteiger partial charge is 0.376 e. The minimum absolute atomic E-state index is 0.0526. The Labute approximate surface area is 137 Å². The summed E-state index contributed by atoms with van der Waals surface area (Å²) in [5, 5.41) is 4.12. The Morgan fingerprint density at radius 3 is 3.00 bits per heavy atom. The summed E-state index contributed by atoms with van der Waals surface area (Å²) in [5.74, 6) is 0.0990. The van der Waals surface area contributed by atoms with Crippen LogP contribution in [0.4, 0.5) is 5.82 Å². The van der Waals surface area contributed by atoms with Gasteiger partial charge in [0, 0.05) is 6.20 Å². The number of fused-ring (bicyclic) bond motifs is 1. The summed E-state index contributed by atoms with van der Waals surface area (Å²) in [7, 11) is 0. The van der Waals surface area contributed by atoms with Crippen LogP contribution in [-0.4, -0.2) is 27.5 Å². The topological polar surface area (TPSA) is 77.0 Å². The quantitative estimate of drug-likeness (QED) is 0.725. The molecule has 23 heavy (non-hydrogen) atoms. The van der Waals surface area contributed by atoms with Crippen molar-refractivity contribution in [2.75, 3.05) is 11.9 Å². The molecule has 3 aromatic rings. The third-order valence-corrected chi connectivity index (χ3v) is 4.16. The highest BCUT2D eigenvalue weighted by Gasteiger charge is 2.11. The Bertz CT molecular complexity index is 847. The molecule has 1 N–H and O–H groups in total. The third-order valence-electron chi connectivity index (χ3n) is 3.12. The molecular formula is C16H16N4O2S. The maximum Gasteiger partial charge on any atom is 0.376 e. The van der Waals surface area contributed by atoms with Gasteiger partial charge in [-0.05, 0) is 37.6 Å². The first-order valence-corrected chi connectivity index (χ1v) is 8.07. The van der Waals surface area contributed by atoms with E-state index >= 15 is 0 Å². The van der Waals surface area contributed by atoms with Crippen molar-refractivity contribution in [1.29, 1.82) is 0 Å². The fourth-order valence-electron chi connectivity index (χ4n) is 2.08. The van der Waals surface area contributed by atoms with Crippen molar-refractivity contribution in [2.45, 2.75) is 20.4 Å². The summed E-state index contributed by atoms with van der Waals surface area (Å²) < 4.78 is 6.05. The second-order valence-corrected chi connectivity index (χ2v) is 6.03. The van der Waals surface area contributed by atoms with Crippen LogP contribution in [0.15, 0.2) is 30.5 Å². The number of thiazole rings is 1. The molecule has 0 saturated carbocycles. The van der Waals surface area contributed by atoms with Crippen LogP contribution in [0.5, 0.6) is 0 Å². The number of anilines is 1. The third kappa shape index (κ3) is 3.62. The zero-order valence-corrected chi connectivity index (χ0v) is 13.7. The summed E-state index contributed by atoms with van der Waals surface area (Å²) in [4.78, 5) is 24.3. The normalized spacial score (nSPS) is 10.7. The standard InChI is InChI=1S/C16H16N4O2S/c1-3-22-16(21)15-17-7-6-13(20-15)18-9-14-19-11-8-10(2)4-5-12(11)23-14/h4-8H,3,9H2,1-2H3,(H,17,18,20). The Kier molecular flexibility index (Phi) is 4.47. The highest BCUT2D eigenvalue weighted by molar-refractivity contribution is 7.18. The van der Waals surface area contributed by atoms with Gasteiger partial charge < -0.3 is 10.1 Å². The summed E-state index contributed by atoms with van der Waals surface area (Å²) in [5.41, 5.74) is 2.19. The van der Waals surface area contributed by atoms with Crippen LogP contribution in [-0.2, 0) is 11.3 Å². The largest absolute Gasteiger partial charge is 0.460 e. The van der Waals surface area contributed by atoms with E-state index in [1.54, 1.807) is 24.3 Å². The highest BCUT2D eigenvalue weighted by atomic mass is 32.1. The van der Waals surface area contributed by atoms with Crippen LogP contribution in [0, 0.1) is 6.92 Å². The van der Waals surface area contributed by atoms with Gasteiger partial charge in [0.2, 0.25) is 5.82 Å². The molecule has 2 heterocycles. The summed E-state index contributed by atoms with van der Waals surface area (Å²) >= 11 is 1.64. The Morgan fingerprint density at radius 1 is 1.30 bits per heavy atom. The molecule has 0 aliphatic carbocycles. The first kappa shape index (κ1) is 15.4. The van der Waals surface area contributed by atoms with Gasteiger partial charge in [0.1, 0.15) is 10.8 Å². The second kappa shape index (κ2) is 6.70. The number of carbonyl (C=O) groups is 1. The van der Waals surface area contributed by atoms with Gasteiger partial charge in [-0.25, -0.2) is 19.7 Å². The number of rotatable bonds is 5. The molecule has 0 unspecified atom stereocenters. The van der Waals surface area contributed by atoms with Crippen LogP contribution in [0.25, 0.3) is 10.2 Å². The van der Waals surface area contributed by atoms with E-state index in [1.165, 1.54) is 11.8 Å². The van der Waals surface area contributed by atoms with Crippen molar-refractivity contribution >= 4 is 33.3 Å². The molecule has 118 valence electrons. The predicted molar refractivity (Wildman–Crippen MR) is 89.7 cm³/mol. The molecule has 0 fully saturated rings. The Balaban J connectivity index is 1.71. The van der Waals surface area contributed by atoms with Crippen LogP contribution < -0.4 is 5.32 Å². The van der Waals surface area contributed by atoms with Gasteiger partial charge >= 0.3 is 5.97 Å². The van der Waals surface area contributed by atoms with Crippen LogP contribution in [0.1, 0.15) is 28.1 Å². The Hall–Kier alpha value is -2.54. The number of ether oxygens (including phenoxy) is 1. The molecule has 2 aromatic heterocycles. The number of benzene rings is 1. The van der Waals surface area contributed by atoms with E-state index in [1.807, 2.05) is 0 Å². The van der Waals surface area contributed by atoms with Gasteiger partial charge in [0.15, 0.2) is 0 Å². The van der Waals surface area contributed by atoms with Crippen molar-refractivity contribution in [2.24, 2.45) is 0 Å². The first-order valence-electron chi connectivity index (χ1n) is 7.26. The van der Waals surface area contributed by atoms with E-state index in [0.717, 1.165) is 15.2 Å². The van der Waals surface area contributed by atoms with Gasteiger partial charge in [-0.3, -0.25) is 0 Å². The lowest BCUT2D eigenvalue weighted by atomic mass is 10.2. The predicted octanol–water partition coefficient (Wildman–Crippen LogP) is 3.18. The summed E-state index contributed by atoms with van der Waals surface area (Å²) in [6, 6.07) is 7.93. The lowest BCUT2D eigenvalue weighted by Crippen LogP contribution is -2.11. The minimum Gasteiger partial charge on any atom is -0.460 e. The molecule has 1 aromatic carbocycles. The zero-order chi connectivity index (χ0) is 16.2. The molecule has 0 aliphatic rings. The van der Waals surface area contributed by atoms with Crippen molar-refractivity contribution < 1.29 is 9.53 Å². The molecule has 0 saturated heterocycles. The molecule has 0 bridgehead atoms. The zero-order valence-electron chi connectivity index (χ0n) is 12.9. The van der Waals surface area contributed by atoms with E-state index in [0.29, 0.717) is 19.0 Å². The monoisotopic (exact) mass is 328 g/mol. The molecule has 0 aliphatic heterocycles. The number of nitrogens with one attached hydrogen (secondary N) is 1. The van der Waals surface area contributed by atoms with Crippen molar-refractivity contribution in [1.82, 2.24) is 15.0 Å². The van der Waals surface area contributed by atoms with Crippen LogP contribution in [0.3, 0.4) is 0 Å². The second-order valence-electron chi connectivity index (χ2n) is 4.92. The average molecular weight is 328 g/mol. The van der Waals surface area contributed by atoms with Crippen LogP contribution in [0.2, 0.25) is 0 Å². The van der Waals surface area contributed by atoms with Gasteiger partial charge in [0.05, 0.1) is 23.4 Å². The fraction of sp³-hybridized carbons (Fsp3) is 0.250. The molecule has 0 radical (unpaired) electrons. The SMILES string of the molecule is CCOC(=O)c1nccc(NCc2nc3cc(C)ccc3s2)n1. The van der Waals surface area contributed by atoms with E-state index in [-0.39, 0.29) is 5.82 Å². The van der Waals surface area contributed by atoms with Crippen molar-refractivity contribution in [3.63, 3.8) is 0 Å². The van der Waals surface area contributed by atoms with E-state index < -0.39 is 5.97 Å². The van der Waals surface area contributed by atoms with Gasteiger partial charge in [-0.1, -0.05) is 6.07 Å². The number of esters is 1. The number of hydrogen-bond acceptors (Lipinski definition) is 7. The molecule has 3 rings (SSSR count). The van der Waals surface area contributed by atoms with Crippen LogP contribution >= 0.6 is 11.3 Å². The molecule has 0 amide bonds. The van der Waals surface area contributed by atoms with Gasteiger partial charge in [-0.15, -0.1) is 11.3 Å². The Morgan fingerprint density at radius 2 is 2.17 bits per heavy atom. The number of hydrogen-bond donors (Lipinski definition) is 1. The first-order chi connectivity index (χ1) is 11.2. The lowest BCUT2D eigenvalue weighted by Gasteiger charge is -2.04. The molecule has 6 nitrogen and oxygen atoms in total. The molecule has 0 atom stereocenters. The number of carbonyl (C=O) groups excluding carboxylic acids is 1. The maximum absolute atomic E-state index is 11.6. The number of aryl methyl sites for hydroxylation is 1. The van der Waals surface area contributed by atoms with Crippen molar-refractivity contribution in [3.05, 3.63) is 46.9 Å². The minimum atomic E-state index is -0.522. The summed E-state index contributed by atoms with van der Waals surface area (Å²) in [6.45, 7) is 4.63. The molecule has 0 spiro atoms. The lowest BCUT2D eigenvalue weighted by molar-refractivity contribution is 0.0512. The maximum atomic E-state index is 11.6. The fourth-order valence-corrected chi connectivity index (χ4v) is 2.97. The number of nitrogens with zero attached hydrogens (tertiary/aromatic N) is 3.